The number of allylic oxidation sites excluding steroid dienone is 1. The van der Waals surface area contributed by atoms with E-state index in [1.807, 2.05) is 0 Å². The van der Waals surface area contributed by atoms with Crippen molar-refractivity contribution >= 4 is 12.0 Å². The summed E-state index contributed by atoms with van der Waals surface area (Å²) in [5.41, 5.74) is 0.843. The van der Waals surface area contributed by atoms with Crippen LogP contribution in [-0.4, -0.2) is 26.4 Å². The average molecular weight is 396 g/mol. The second kappa shape index (κ2) is 8.46. The number of methoxy groups -OCH3 is 2. The maximum Gasteiger partial charge on any atom is 0.399 e. The molecule has 2 aromatic carbocycles. The highest BCUT2D eigenvalue weighted by Crippen LogP contribution is 2.38. The fourth-order valence-electron chi connectivity index (χ4n) is 2.87. The van der Waals surface area contributed by atoms with E-state index in [9.17, 15) is 22.4 Å². The van der Waals surface area contributed by atoms with Crippen molar-refractivity contribution in [2.24, 2.45) is 0 Å². The summed E-state index contributed by atoms with van der Waals surface area (Å²) < 4.78 is 64.3. The summed E-state index contributed by atoms with van der Waals surface area (Å²) >= 11 is 0. The van der Waals surface area contributed by atoms with Crippen LogP contribution in [0.1, 0.15) is 38.5 Å². The van der Waals surface area contributed by atoms with Crippen LogP contribution in [0.2, 0.25) is 0 Å². The monoisotopic (exact) mass is 396 g/mol. The molecule has 2 rings (SSSR count). The van der Waals surface area contributed by atoms with E-state index in [1.54, 1.807) is 0 Å². The molecular formula is C21H20F4O3. The molecule has 1 atom stereocenters. The number of carbonyl (C=O) groups excluding carboxylic acids is 1. The Balaban J connectivity index is 2.43. The number of halogens is 4. The molecule has 0 amide bonds. The highest BCUT2D eigenvalue weighted by molar-refractivity contribution is 5.92. The van der Waals surface area contributed by atoms with E-state index in [-0.39, 0.29) is 28.0 Å². The summed E-state index contributed by atoms with van der Waals surface area (Å²) in [5, 5.41) is 0. The van der Waals surface area contributed by atoms with Crippen LogP contribution in [0.4, 0.5) is 17.6 Å². The van der Waals surface area contributed by atoms with Crippen LogP contribution in [-0.2, 0) is 4.74 Å². The van der Waals surface area contributed by atoms with Gasteiger partial charge in [-0.25, -0.2) is 9.18 Å². The Bertz CT molecular complexity index is 878. The third kappa shape index (κ3) is 4.71. The minimum atomic E-state index is -4.55. The van der Waals surface area contributed by atoms with Gasteiger partial charge in [0, 0.05) is 0 Å². The number of aryl methyl sites for hydroxylation is 2. The van der Waals surface area contributed by atoms with E-state index in [2.05, 4.69) is 4.74 Å². The third-order valence-electron chi connectivity index (χ3n) is 4.28. The maximum atomic E-state index is 13.8. The van der Waals surface area contributed by atoms with E-state index < -0.39 is 23.9 Å². The van der Waals surface area contributed by atoms with Crippen LogP contribution in [0.15, 0.2) is 36.4 Å². The fraction of sp³-hybridized carbons (Fsp3) is 0.286. The molecular weight excluding hydrogens is 376 g/mol. The van der Waals surface area contributed by atoms with Gasteiger partial charge in [-0.05, 0) is 48.2 Å². The maximum absolute atomic E-state index is 13.8. The van der Waals surface area contributed by atoms with Gasteiger partial charge in [-0.2, -0.15) is 13.2 Å². The molecule has 0 aliphatic heterocycles. The minimum Gasteiger partial charge on any atom is -0.496 e. The van der Waals surface area contributed by atoms with Crippen LogP contribution < -0.4 is 4.74 Å². The predicted molar refractivity (Wildman–Crippen MR) is 98.0 cm³/mol. The first-order chi connectivity index (χ1) is 13.1. The molecule has 0 aliphatic carbocycles. The Labute approximate surface area is 160 Å². The Morgan fingerprint density at radius 2 is 1.68 bits per heavy atom. The van der Waals surface area contributed by atoms with E-state index >= 15 is 0 Å². The largest absolute Gasteiger partial charge is 0.496 e. The number of carbonyl (C=O) groups is 1. The summed E-state index contributed by atoms with van der Waals surface area (Å²) in [6.07, 6.45) is -2.27. The first kappa shape index (κ1) is 21.5. The van der Waals surface area contributed by atoms with Gasteiger partial charge in [0.1, 0.15) is 17.1 Å². The zero-order valence-electron chi connectivity index (χ0n) is 15.9. The SMILES string of the molecule is COC(=O)c1ccc(/C=C/C(c2cc(C)c(F)c(C)c2)C(F)(F)F)cc1OC. The highest BCUT2D eigenvalue weighted by atomic mass is 19.4. The van der Waals surface area contributed by atoms with Gasteiger partial charge >= 0.3 is 12.1 Å². The van der Waals surface area contributed by atoms with Crippen molar-refractivity contribution in [2.45, 2.75) is 25.9 Å². The van der Waals surface area contributed by atoms with Crippen molar-refractivity contribution in [3.63, 3.8) is 0 Å². The molecule has 3 nitrogen and oxygen atoms in total. The van der Waals surface area contributed by atoms with Crippen molar-refractivity contribution in [3.05, 3.63) is 70.0 Å². The molecule has 0 fully saturated rings. The van der Waals surface area contributed by atoms with Crippen LogP contribution in [0.25, 0.3) is 6.08 Å². The molecule has 1 unspecified atom stereocenters. The lowest BCUT2D eigenvalue weighted by atomic mass is 9.93. The number of rotatable bonds is 5. The van der Waals surface area contributed by atoms with Gasteiger partial charge in [-0.1, -0.05) is 30.4 Å². The van der Waals surface area contributed by atoms with Gasteiger partial charge in [-0.15, -0.1) is 0 Å². The molecule has 2 aromatic rings. The number of esters is 1. The van der Waals surface area contributed by atoms with Gasteiger partial charge < -0.3 is 9.47 Å². The van der Waals surface area contributed by atoms with Crippen molar-refractivity contribution in [3.8, 4) is 5.75 Å². The Kier molecular flexibility index (Phi) is 6.48. The molecule has 0 N–H and O–H groups in total. The summed E-state index contributed by atoms with van der Waals surface area (Å²) in [5.74, 6) is -2.85. The molecule has 0 heterocycles. The molecule has 28 heavy (non-hydrogen) atoms. The Morgan fingerprint density at radius 3 is 2.18 bits per heavy atom. The van der Waals surface area contributed by atoms with Gasteiger partial charge in [0.2, 0.25) is 0 Å². The number of hydrogen-bond acceptors (Lipinski definition) is 3. The molecule has 0 aromatic heterocycles. The third-order valence-corrected chi connectivity index (χ3v) is 4.28. The lowest BCUT2D eigenvalue weighted by molar-refractivity contribution is -0.139. The molecule has 0 saturated carbocycles. The molecule has 150 valence electrons. The van der Waals surface area contributed by atoms with Gasteiger partial charge in [0.05, 0.1) is 20.1 Å². The zero-order valence-corrected chi connectivity index (χ0v) is 15.9. The molecule has 0 saturated heterocycles. The Hall–Kier alpha value is -2.83. The summed E-state index contributed by atoms with van der Waals surface area (Å²) in [6.45, 7) is 2.86. The summed E-state index contributed by atoms with van der Waals surface area (Å²) in [4.78, 5) is 11.7. The second-order valence-corrected chi connectivity index (χ2v) is 6.30. The molecule has 0 bridgehead atoms. The van der Waals surface area contributed by atoms with E-state index in [1.165, 1.54) is 64.5 Å². The topological polar surface area (TPSA) is 35.5 Å². The van der Waals surface area contributed by atoms with Crippen LogP contribution in [0.3, 0.4) is 0 Å². The summed E-state index contributed by atoms with van der Waals surface area (Å²) in [7, 11) is 2.56. The average Bonchev–Trinajstić information content (AvgIpc) is 2.64. The lowest BCUT2D eigenvalue weighted by Crippen LogP contribution is -2.19. The standard InChI is InChI=1S/C21H20F4O3/c1-12-9-15(10-13(2)19(12)22)17(21(23,24)25)8-6-14-5-7-16(20(26)28-4)18(11-14)27-3/h5-11,17H,1-4H3/b8-6+. The number of hydrogen-bond donors (Lipinski definition) is 0. The smallest absolute Gasteiger partial charge is 0.399 e. The van der Waals surface area contributed by atoms with Crippen LogP contribution in [0.5, 0.6) is 5.75 Å². The quantitative estimate of drug-likeness (QED) is 0.488. The zero-order chi connectivity index (χ0) is 21.1. The molecule has 0 spiro atoms. The van der Waals surface area contributed by atoms with Gasteiger partial charge in [0.15, 0.2) is 0 Å². The van der Waals surface area contributed by atoms with Crippen LogP contribution in [0, 0.1) is 19.7 Å². The number of alkyl halides is 3. The normalized spacial score (nSPS) is 12.9. The Morgan fingerprint density at radius 1 is 1.07 bits per heavy atom. The van der Waals surface area contributed by atoms with E-state index in [4.69, 9.17) is 4.74 Å². The van der Waals surface area contributed by atoms with Gasteiger partial charge in [-0.3, -0.25) is 0 Å². The number of ether oxygens (including phenoxy) is 2. The van der Waals surface area contributed by atoms with E-state index in [0.29, 0.717) is 5.56 Å². The van der Waals surface area contributed by atoms with Crippen molar-refractivity contribution in [1.82, 2.24) is 0 Å². The summed E-state index contributed by atoms with van der Waals surface area (Å²) in [6, 6.07) is 6.74. The van der Waals surface area contributed by atoms with Gasteiger partial charge in [0.25, 0.3) is 0 Å². The second-order valence-electron chi connectivity index (χ2n) is 6.30. The van der Waals surface area contributed by atoms with Crippen molar-refractivity contribution < 1.29 is 31.8 Å². The highest BCUT2D eigenvalue weighted by Gasteiger charge is 2.39. The molecule has 7 heteroatoms. The molecule has 0 radical (unpaired) electrons. The van der Waals surface area contributed by atoms with E-state index in [0.717, 1.165) is 6.08 Å². The lowest BCUT2D eigenvalue weighted by Gasteiger charge is -2.19. The first-order valence-electron chi connectivity index (χ1n) is 8.36. The van der Waals surface area contributed by atoms with Crippen LogP contribution >= 0.6 is 0 Å². The molecule has 0 aliphatic rings. The minimum absolute atomic E-state index is 0.0432. The fourth-order valence-corrected chi connectivity index (χ4v) is 2.87. The number of benzene rings is 2. The first-order valence-corrected chi connectivity index (χ1v) is 8.36. The van der Waals surface area contributed by atoms with Crippen molar-refractivity contribution in [1.29, 1.82) is 0 Å². The van der Waals surface area contributed by atoms with Crippen molar-refractivity contribution in [2.75, 3.05) is 14.2 Å². The predicted octanol–water partition coefficient (Wildman–Crippen LogP) is 5.60.